The second kappa shape index (κ2) is 8.71. The summed E-state index contributed by atoms with van der Waals surface area (Å²) in [6.07, 6.45) is 1.17. The summed E-state index contributed by atoms with van der Waals surface area (Å²) in [5, 5.41) is 19.8. The number of benzene rings is 4. The minimum atomic E-state index is 0.221. The summed E-state index contributed by atoms with van der Waals surface area (Å²) in [5.74, 6) is 1.85. The van der Waals surface area contributed by atoms with Crippen molar-refractivity contribution in [3.05, 3.63) is 107 Å². The van der Waals surface area contributed by atoms with Gasteiger partial charge in [0.15, 0.2) is 0 Å². The lowest BCUT2D eigenvalue weighted by Crippen LogP contribution is -1.98. The number of hydrogen-bond donors (Lipinski definition) is 4. The zero-order valence-corrected chi connectivity index (χ0v) is 17.0. The average Bonchev–Trinajstić information content (AvgIpc) is 2.76. The molecule has 0 spiro atoms. The van der Waals surface area contributed by atoms with Gasteiger partial charge in [0.05, 0.1) is 0 Å². The molecule has 0 heterocycles. The Kier molecular flexibility index (Phi) is 5.67. The summed E-state index contributed by atoms with van der Waals surface area (Å²) < 4.78 is 5.93. The maximum absolute atomic E-state index is 10.3. The van der Waals surface area contributed by atoms with Crippen LogP contribution < -0.4 is 16.2 Å². The highest BCUT2D eigenvalue weighted by molar-refractivity contribution is 5.54. The summed E-state index contributed by atoms with van der Waals surface area (Å²) in [4.78, 5) is 0. The summed E-state index contributed by atoms with van der Waals surface area (Å²) in [6.45, 7) is 0. The lowest BCUT2D eigenvalue weighted by Gasteiger charge is -2.12. The summed E-state index contributed by atoms with van der Waals surface area (Å²) in [7, 11) is 0. The fraction of sp³-hybridized carbons (Fsp3) is 0.0769. The lowest BCUT2D eigenvalue weighted by molar-refractivity contribution is 0.469. The van der Waals surface area contributed by atoms with Crippen LogP contribution in [0.2, 0.25) is 0 Å². The van der Waals surface area contributed by atoms with E-state index in [9.17, 15) is 10.2 Å². The van der Waals surface area contributed by atoms with Gasteiger partial charge in [0.2, 0.25) is 0 Å². The highest BCUT2D eigenvalue weighted by atomic mass is 16.5. The topological polar surface area (TPSA) is 102 Å². The number of ether oxygens (including phenoxy) is 1. The third-order valence-electron chi connectivity index (χ3n) is 5.10. The number of nitrogen functional groups attached to an aromatic ring is 2. The molecule has 0 unspecified atom stereocenters. The standard InChI is InChI=1S/C26H24N2O3/c27-21-4-8-23(9-5-21)31-24-10-11-25(28)19(16-24)14-18-3-12-26(30)20(15-18)13-17-1-6-22(29)7-2-17/h1-12,15-16,29-30H,13-14,27-28H2. The van der Waals surface area contributed by atoms with E-state index in [1.54, 1.807) is 30.3 Å². The fourth-order valence-electron chi connectivity index (χ4n) is 3.41. The summed E-state index contributed by atoms with van der Waals surface area (Å²) in [5.41, 5.74) is 17.1. The molecule has 0 aliphatic heterocycles. The molecule has 0 amide bonds. The van der Waals surface area contributed by atoms with Crippen LogP contribution in [0.15, 0.2) is 84.9 Å². The van der Waals surface area contributed by atoms with Crippen molar-refractivity contribution in [2.75, 3.05) is 11.5 Å². The Bertz CT molecular complexity index is 1190. The van der Waals surface area contributed by atoms with Gasteiger partial charge >= 0.3 is 0 Å². The van der Waals surface area contributed by atoms with Crippen LogP contribution in [0.4, 0.5) is 11.4 Å². The smallest absolute Gasteiger partial charge is 0.127 e. The SMILES string of the molecule is Nc1ccc(Oc2ccc(N)c(Cc3ccc(O)c(Cc4ccc(O)cc4)c3)c2)cc1. The van der Waals surface area contributed by atoms with E-state index in [4.69, 9.17) is 16.2 Å². The molecule has 0 radical (unpaired) electrons. The zero-order valence-electron chi connectivity index (χ0n) is 17.0. The molecule has 0 saturated carbocycles. The molecule has 4 aromatic rings. The maximum Gasteiger partial charge on any atom is 0.127 e. The average molecular weight is 412 g/mol. The monoisotopic (exact) mass is 412 g/mol. The van der Waals surface area contributed by atoms with Crippen molar-refractivity contribution in [2.24, 2.45) is 0 Å². The second-order valence-corrected chi connectivity index (χ2v) is 7.51. The van der Waals surface area contributed by atoms with E-state index in [1.807, 2.05) is 54.6 Å². The van der Waals surface area contributed by atoms with Gasteiger partial charge in [-0.2, -0.15) is 0 Å². The quantitative estimate of drug-likeness (QED) is 0.325. The van der Waals surface area contributed by atoms with Crippen molar-refractivity contribution < 1.29 is 14.9 Å². The molecule has 0 aliphatic carbocycles. The van der Waals surface area contributed by atoms with Crippen LogP contribution in [0.5, 0.6) is 23.0 Å². The van der Waals surface area contributed by atoms with Gasteiger partial charge in [0.1, 0.15) is 23.0 Å². The third kappa shape index (κ3) is 5.08. The minimum Gasteiger partial charge on any atom is -0.508 e. The van der Waals surface area contributed by atoms with Crippen molar-refractivity contribution in [1.29, 1.82) is 0 Å². The summed E-state index contributed by atoms with van der Waals surface area (Å²) >= 11 is 0. The summed E-state index contributed by atoms with van der Waals surface area (Å²) in [6, 6.07) is 25.4. The molecule has 0 saturated heterocycles. The molecule has 5 nitrogen and oxygen atoms in total. The van der Waals surface area contributed by atoms with E-state index in [1.165, 1.54) is 0 Å². The molecular formula is C26H24N2O3. The maximum atomic E-state index is 10.3. The highest BCUT2D eigenvalue weighted by Gasteiger charge is 2.09. The predicted octanol–water partition coefficient (Wildman–Crippen LogP) is 5.24. The number of phenols is 2. The number of rotatable bonds is 6. The Balaban J connectivity index is 1.54. The molecule has 0 aliphatic rings. The molecule has 4 aromatic carbocycles. The Morgan fingerprint density at radius 3 is 2.00 bits per heavy atom. The van der Waals surface area contributed by atoms with Crippen LogP contribution in [-0.2, 0) is 12.8 Å². The first-order valence-corrected chi connectivity index (χ1v) is 9.97. The van der Waals surface area contributed by atoms with Crippen molar-refractivity contribution >= 4 is 11.4 Å². The van der Waals surface area contributed by atoms with Crippen molar-refractivity contribution in [2.45, 2.75) is 12.8 Å². The van der Waals surface area contributed by atoms with Crippen LogP contribution in [-0.4, -0.2) is 10.2 Å². The van der Waals surface area contributed by atoms with Gasteiger partial charge in [-0.15, -0.1) is 0 Å². The van der Waals surface area contributed by atoms with Gasteiger partial charge in [-0.25, -0.2) is 0 Å². The predicted molar refractivity (Wildman–Crippen MR) is 124 cm³/mol. The molecule has 0 aromatic heterocycles. The first-order valence-electron chi connectivity index (χ1n) is 9.97. The first-order chi connectivity index (χ1) is 15.0. The zero-order chi connectivity index (χ0) is 21.8. The molecule has 6 N–H and O–H groups in total. The van der Waals surface area contributed by atoms with Crippen LogP contribution in [0, 0.1) is 0 Å². The number of nitrogens with two attached hydrogens (primary N) is 2. The first kappa shape index (κ1) is 20.2. The van der Waals surface area contributed by atoms with E-state index in [2.05, 4.69) is 0 Å². The lowest BCUT2D eigenvalue weighted by atomic mass is 9.97. The van der Waals surface area contributed by atoms with Crippen molar-refractivity contribution in [1.82, 2.24) is 0 Å². The molecule has 4 rings (SSSR count). The van der Waals surface area contributed by atoms with Gasteiger partial charge in [-0.1, -0.05) is 24.3 Å². The Labute approximate surface area is 181 Å². The molecule has 5 heteroatoms. The number of phenolic OH excluding ortho intramolecular Hbond substituents is 2. The van der Waals surface area contributed by atoms with Crippen LogP contribution in [0.25, 0.3) is 0 Å². The van der Waals surface area contributed by atoms with E-state index in [-0.39, 0.29) is 11.5 Å². The van der Waals surface area contributed by atoms with Crippen LogP contribution >= 0.6 is 0 Å². The van der Waals surface area contributed by atoms with E-state index in [0.717, 1.165) is 22.3 Å². The second-order valence-electron chi connectivity index (χ2n) is 7.51. The molecule has 31 heavy (non-hydrogen) atoms. The van der Waals surface area contributed by atoms with E-state index >= 15 is 0 Å². The number of anilines is 2. The van der Waals surface area contributed by atoms with Gasteiger partial charge in [-0.3, -0.25) is 0 Å². The Morgan fingerprint density at radius 1 is 0.613 bits per heavy atom. The van der Waals surface area contributed by atoms with E-state index in [0.29, 0.717) is 35.7 Å². The molecule has 0 bridgehead atoms. The third-order valence-corrected chi connectivity index (χ3v) is 5.10. The Morgan fingerprint density at radius 2 is 1.26 bits per heavy atom. The molecule has 0 atom stereocenters. The fourth-order valence-corrected chi connectivity index (χ4v) is 3.41. The van der Waals surface area contributed by atoms with Crippen LogP contribution in [0.1, 0.15) is 22.3 Å². The van der Waals surface area contributed by atoms with Crippen molar-refractivity contribution in [3.8, 4) is 23.0 Å². The van der Waals surface area contributed by atoms with E-state index < -0.39 is 0 Å². The van der Waals surface area contributed by atoms with Crippen LogP contribution in [0.3, 0.4) is 0 Å². The largest absolute Gasteiger partial charge is 0.508 e. The Hall–Kier alpha value is -4.12. The van der Waals surface area contributed by atoms with Gasteiger partial charge in [-0.05, 0) is 89.3 Å². The molecule has 0 fully saturated rings. The van der Waals surface area contributed by atoms with Gasteiger partial charge < -0.3 is 26.4 Å². The minimum absolute atomic E-state index is 0.221. The molecule has 156 valence electrons. The van der Waals surface area contributed by atoms with Crippen molar-refractivity contribution in [3.63, 3.8) is 0 Å². The highest BCUT2D eigenvalue weighted by Crippen LogP contribution is 2.29. The van der Waals surface area contributed by atoms with Gasteiger partial charge in [0.25, 0.3) is 0 Å². The number of hydrogen-bond acceptors (Lipinski definition) is 5. The number of aromatic hydroxyl groups is 2. The molecular weight excluding hydrogens is 388 g/mol. The van der Waals surface area contributed by atoms with Gasteiger partial charge in [0, 0.05) is 17.8 Å². The normalized spacial score (nSPS) is 10.7.